The van der Waals surface area contributed by atoms with E-state index in [9.17, 15) is 14.7 Å². The van der Waals surface area contributed by atoms with Gasteiger partial charge in [0, 0.05) is 19.0 Å². The van der Waals surface area contributed by atoms with Crippen molar-refractivity contribution in [1.29, 1.82) is 5.26 Å². The smallest absolute Gasteiger partial charge is 0.326 e. The number of halogens is 2. The molecule has 2 aliphatic heterocycles. The lowest BCUT2D eigenvalue weighted by Gasteiger charge is -2.42. The van der Waals surface area contributed by atoms with E-state index in [0.717, 1.165) is 57.3 Å². The first-order valence-electron chi connectivity index (χ1n) is 20.7. The van der Waals surface area contributed by atoms with E-state index in [1.807, 2.05) is 97.1 Å². The molecule has 0 radical (unpaired) electrons. The monoisotopic (exact) mass is 865 g/mol. The van der Waals surface area contributed by atoms with Crippen LogP contribution in [0, 0.1) is 11.3 Å². The average molecular weight is 867 g/mol. The molecule has 0 aliphatic carbocycles. The molecular weight excluding hydrogens is 821 g/mol. The maximum absolute atomic E-state index is 14.5. The van der Waals surface area contributed by atoms with Crippen molar-refractivity contribution < 1.29 is 28.9 Å². The number of nitrogens with one attached hydrogen (secondary N) is 1. The van der Waals surface area contributed by atoms with Crippen molar-refractivity contribution in [3.8, 4) is 34.4 Å². The lowest BCUT2D eigenvalue weighted by atomic mass is 9.88. The van der Waals surface area contributed by atoms with Gasteiger partial charge in [-0.05, 0) is 106 Å². The quantitative estimate of drug-likeness (QED) is 0.111. The van der Waals surface area contributed by atoms with Gasteiger partial charge in [-0.25, -0.2) is 4.79 Å². The molecule has 11 heteroatoms. The standard InChI is InChI=1S/C51H45Cl2N3O6/c1-2-6-45(37-7-4-3-5-8-37)56-29-40-27-48-47(61-31-49(62-48)38-18-20-41(21-19-38)60-30-34-13-22-42(52)43(53)23-34)26-39(40)25-46(56)50(57)55-44(51(58)59)24-32-9-14-35(15-10-32)36-16-11-33(28-54)12-17-36/h3-5,7-23,26-27,44-46,49H,2,6,24-25,29-31H2,1H3,(H,55,57)(H,58,59)/t44-,45-,46-,49+/m0/s1. The Labute approximate surface area is 371 Å². The number of hydrogen-bond acceptors (Lipinski definition) is 7. The van der Waals surface area contributed by atoms with Gasteiger partial charge >= 0.3 is 5.97 Å². The van der Waals surface area contributed by atoms with E-state index < -0.39 is 18.1 Å². The summed E-state index contributed by atoms with van der Waals surface area (Å²) in [6.45, 7) is 3.23. The third-order valence-corrected chi connectivity index (χ3v) is 12.3. The second-order valence-corrected chi connectivity index (χ2v) is 16.5. The normalized spacial score (nSPS) is 16.6. The topological polar surface area (TPSA) is 121 Å². The van der Waals surface area contributed by atoms with Crippen LogP contribution < -0.4 is 19.5 Å². The predicted octanol–water partition coefficient (Wildman–Crippen LogP) is 10.7. The lowest BCUT2D eigenvalue weighted by Crippen LogP contribution is -2.55. The highest BCUT2D eigenvalue weighted by Crippen LogP contribution is 2.43. The number of hydrogen-bond donors (Lipinski definition) is 2. The molecule has 0 fully saturated rings. The summed E-state index contributed by atoms with van der Waals surface area (Å²) >= 11 is 12.2. The molecule has 9 nitrogen and oxygen atoms in total. The fourth-order valence-corrected chi connectivity index (χ4v) is 8.55. The number of carboxylic acids is 1. The molecule has 2 heterocycles. The number of rotatable bonds is 14. The van der Waals surface area contributed by atoms with Crippen molar-refractivity contribution in [3.63, 3.8) is 0 Å². The Balaban J connectivity index is 0.998. The molecule has 6 aromatic rings. The van der Waals surface area contributed by atoms with E-state index in [2.05, 4.69) is 35.3 Å². The van der Waals surface area contributed by atoms with Crippen LogP contribution in [0.1, 0.15) is 70.9 Å². The molecule has 0 bridgehead atoms. The Bertz CT molecular complexity index is 2580. The van der Waals surface area contributed by atoms with E-state index in [1.165, 1.54) is 0 Å². The van der Waals surface area contributed by atoms with Crippen molar-refractivity contribution in [3.05, 3.63) is 182 Å². The van der Waals surface area contributed by atoms with Gasteiger partial charge in [0.25, 0.3) is 0 Å². The van der Waals surface area contributed by atoms with Crippen LogP contribution >= 0.6 is 23.2 Å². The Morgan fingerprint density at radius 1 is 0.855 bits per heavy atom. The predicted molar refractivity (Wildman–Crippen MR) is 240 cm³/mol. The average Bonchev–Trinajstić information content (AvgIpc) is 3.30. The van der Waals surface area contributed by atoms with Crippen LogP contribution in [-0.2, 0) is 35.6 Å². The fourth-order valence-electron chi connectivity index (χ4n) is 8.23. The number of carboxylic acid groups (broad SMARTS) is 1. The number of nitrogens with zero attached hydrogens (tertiary/aromatic N) is 2. The Kier molecular flexibility index (Phi) is 13.1. The van der Waals surface area contributed by atoms with Gasteiger partial charge in [0.05, 0.1) is 27.7 Å². The van der Waals surface area contributed by atoms with Gasteiger partial charge in [0.2, 0.25) is 5.91 Å². The van der Waals surface area contributed by atoms with Crippen molar-refractivity contribution in [2.24, 2.45) is 0 Å². The molecule has 0 saturated carbocycles. The van der Waals surface area contributed by atoms with Gasteiger partial charge in [0.1, 0.15) is 25.0 Å². The summed E-state index contributed by atoms with van der Waals surface area (Å²) < 4.78 is 18.9. The third-order valence-electron chi connectivity index (χ3n) is 11.5. The molecule has 0 spiro atoms. The van der Waals surface area contributed by atoms with Crippen LogP contribution in [0.15, 0.2) is 133 Å². The van der Waals surface area contributed by atoms with Crippen LogP contribution in [0.3, 0.4) is 0 Å². The van der Waals surface area contributed by atoms with Crippen molar-refractivity contribution >= 4 is 35.1 Å². The summed E-state index contributed by atoms with van der Waals surface area (Å²) in [5.41, 5.74) is 8.17. The molecule has 1 amide bonds. The van der Waals surface area contributed by atoms with Crippen LogP contribution in [0.4, 0.5) is 0 Å². The summed E-state index contributed by atoms with van der Waals surface area (Å²) in [4.78, 5) is 29.4. The molecular formula is C51H45Cl2N3O6. The fraction of sp³-hybridized carbons (Fsp3) is 0.235. The van der Waals surface area contributed by atoms with Gasteiger partial charge in [-0.3, -0.25) is 9.69 Å². The first-order valence-corrected chi connectivity index (χ1v) is 21.5. The SMILES string of the molecule is CCC[C@@H](c1ccccc1)N1Cc2cc3c(cc2C[C@H]1C(=O)N[C@@H](Cc1ccc(-c2ccc(C#N)cc2)cc1)C(=O)O)OC[C@H](c1ccc(OCc2ccc(Cl)c(Cl)c2)cc1)O3. The molecule has 314 valence electrons. The molecule has 62 heavy (non-hydrogen) atoms. The largest absolute Gasteiger partial charge is 0.489 e. The summed E-state index contributed by atoms with van der Waals surface area (Å²) in [6, 6.07) is 42.5. The molecule has 4 atom stereocenters. The highest BCUT2D eigenvalue weighted by molar-refractivity contribution is 6.42. The van der Waals surface area contributed by atoms with Gasteiger partial charge in [-0.1, -0.05) is 121 Å². The third kappa shape index (κ3) is 9.74. The summed E-state index contributed by atoms with van der Waals surface area (Å²) in [5.74, 6) is 0.494. The number of carbonyl (C=O) groups is 2. The molecule has 2 aliphatic rings. The van der Waals surface area contributed by atoms with Gasteiger partial charge in [0.15, 0.2) is 17.6 Å². The van der Waals surface area contributed by atoms with Crippen LogP contribution in [0.5, 0.6) is 17.2 Å². The van der Waals surface area contributed by atoms with Gasteiger partial charge in [-0.2, -0.15) is 5.26 Å². The van der Waals surface area contributed by atoms with Gasteiger partial charge < -0.3 is 24.6 Å². The minimum atomic E-state index is -1.15. The number of nitriles is 1. The van der Waals surface area contributed by atoms with Crippen molar-refractivity contribution in [1.82, 2.24) is 10.2 Å². The number of aliphatic carboxylic acids is 1. The Morgan fingerprint density at radius 2 is 1.55 bits per heavy atom. The number of carbonyl (C=O) groups excluding carboxylic acids is 1. The van der Waals surface area contributed by atoms with E-state index in [-0.39, 0.29) is 24.5 Å². The molecule has 0 unspecified atom stereocenters. The Morgan fingerprint density at radius 3 is 2.23 bits per heavy atom. The molecule has 6 aromatic carbocycles. The van der Waals surface area contributed by atoms with E-state index in [4.69, 9.17) is 42.7 Å². The summed E-state index contributed by atoms with van der Waals surface area (Å²) in [6.07, 6.45) is 1.82. The number of ether oxygens (including phenoxy) is 3. The highest BCUT2D eigenvalue weighted by atomic mass is 35.5. The molecule has 0 saturated heterocycles. The first-order chi connectivity index (χ1) is 30.1. The van der Waals surface area contributed by atoms with Crippen molar-refractivity contribution in [2.75, 3.05) is 6.61 Å². The van der Waals surface area contributed by atoms with E-state index in [1.54, 1.807) is 24.3 Å². The zero-order chi connectivity index (χ0) is 43.2. The van der Waals surface area contributed by atoms with E-state index >= 15 is 0 Å². The second kappa shape index (κ2) is 19.2. The van der Waals surface area contributed by atoms with Gasteiger partial charge in [-0.15, -0.1) is 0 Å². The molecule has 8 rings (SSSR count). The number of benzene rings is 6. The maximum Gasteiger partial charge on any atom is 0.326 e. The lowest BCUT2D eigenvalue weighted by molar-refractivity contribution is -0.143. The minimum absolute atomic E-state index is 0.0958. The second-order valence-electron chi connectivity index (χ2n) is 15.7. The minimum Gasteiger partial charge on any atom is -0.489 e. The van der Waals surface area contributed by atoms with Crippen LogP contribution in [0.2, 0.25) is 10.0 Å². The molecule has 0 aromatic heterocycles. The zero-order valence-electron chi connectivity index (χ0n) is 34.1. The summed E-state index contributed by atoms with van der Waals surface area (Å²) in [7, 11) is 0. The zero-order valence-corrected chi connectivity index (χ0v) is 35.6. The first kappa shape index (κ1) is 42.4. The Hall–Kier alpha value is -6.31. The number of amides is 1. The maximum atomic E-state index is 14.5. The van der Waals surface area contributed by atoms with Crippen LogP contribution in [-0.4, -0.2) is 40.6 Å². The van der Waals surface area contributed by atoms with Crippen LogP contribution in [0.25, 0.3) is 11.1 Å². The van der Waals surface area contributed by atoms with Crippen molar-refractivity contribution in [2.45, 2.75) is 70.0 Å². The number of fused-ring (bicyclic) bond motifs is 2. The highest BCUT2D eigenvalue weighted by Gasteiger charge is 2.39. The van der Waals surface area contributed by atoms with E-state index in [0.29, 0.717) is 59.0 Å². The molecule has 2 N–H and O–H groups in total. The summed E-state index contributed by atoms with van der Waals surface area (Å²) in [5, 5.41) is 23.5.